The van der Waals surface area contributed by atoms with E-state index < -0.39 is 0 Å². The Labute approximate surface area is 118 Å². The number of unbranched alkanes of at least 4 members (excludes halogenated alkanes) is 1. The first-order valence-corrected chi connectivity index (χ1v) is 8.32. The molecule has 3 nitrogen and oxygen atoms in total. The van der Waals surface area contributed by atoms with Gasteiger partial charge in [-0.1, -0.05) is 20.8 Å². The van der Waals surface area contributed by atoms with E-state index in [1.54, 1.807) is 0 Å². The van der Waals surface area contributed by atoms with Crippen LogP contribution in [0.1, 0.15) is 46.5 Å². The summed E-state index contributed by atoms with van der Waals surface area (Å²) in [5.41, 5.74) is 0.427. The van der Waals surface area contributed by atoms with E-state index in [1.807, 2.05) is 18.8 Å². The van der Waals surface area contributed by atoms with Crippen molar-refractivity contribution in [3.8, 4) is 0 Å². The van der Waals surface area contributed by atoms with Crippen molar-refractivity contribution < 1.29 is 0 Å². The number of nitrogens with zero attached hydrogens (tertiary/aromatic N) is 1. The van der Waals surface area contributed by atoms with Crippen LogP contribution >= 0.6 is 11.8 Å². The molecule has 0 saturated heterocycles. The third kappa shape index (κ3) is 12.1. The van der Waals surface area contributed by atoms with Crippen LogP contribution < -0.4 is 10.6 Å². The molecule has 0 atom stereocenters. The monoisotopic (exact) mass is 273 g/mol. The predicted octanol–water partition coefficient (Wildman–Crippen LogP) is 3.12. The molecule has 18 heavy (non-hydrogen) atoms. The van der Waals surface area contributed by atoms with Crippen molar-refractivity contribution in [2.45, 2.75) is 46.5 Å². The van der Waals surface area contributed by atoms with Crippen molar-refractivity contribution in [1.82, 2.24) is 10.6 Å². The van der Waals surface area contributed by atoms with Gasteiger partial charge in [0.05, 0.1) is 0 Å². The van der Waals surface area contributed by atoms with Gasteiger partial charge in [0.15, 0.2) is 5.96 Å². The second kappa shape index (κ2) is 10.5. The average molecular weight is 273 g/mol. The molecule has 0 aliphatic heterocycles. The van der Waals surface area contributed by atoms with Crippen LogP contribution in [0.25, 0.3) is 0 Å². The third-order valence-electron chi connectivity index (χ3n) is 2.69. The molecule has 0 radical (unpaired) electrons. The number of thioether (sulfide) groups is 1. The largest absolute Gasteiger partial charge is 0.356 e. The summed E-state index contributed by atoms with van der Waals surface area (Å²) >= 11 is 1.91. The summed E-state index contributed by atoms with van der Waals surface area (Å²) < 4.78 is 0. The number of hydrogen-bond acceptors (Lipinski definition) is 2. The molecule has 0 aliphatic carbocycles. The number of hydrogen-bond donors (Lipinski definition) is 2. The Morgan fingerprint density at radius 3 is 2.17 bits per heavy atom. The van der Waals surface area contributed by atoms with Crippen LogP contribution in [0, 0.1) is 5.41 Å². The van der Waals surface area contributed by atoms with Gasteiger partial charge in [0, 0.05) is 20.1 Å². The van der Waals surface area contributed by atoms with Crippen molar-refractivity contribution in [1.29, 1.82) is 0 Å². The highest BCUT2D eigenvalue weighted by atomic mass is 32.2. The van der Waals surface area contributed by atoms with Gasteiger partial charge in [-0.15, -0.1) is 0 Å². The number of nitrogens with one attached hydrogen (secondary N) is 2. The first-order chi connectivity index (χ1) is 8.49. The zero-order valence-corrected chi connectivity index (χ0v) is 13.6. The molecule has 0 rings (SSSR count). The summed E-state index contributed by atoms with van der Waals surface area (Å²) in [6.07, 6.45) is 7.07. The van der Waals surface area contributed by atoms with Crippen molar-refractivity contribution in [3.63, 3.8) is 0 Å². The highest BCUT2D eigenvalue weighted by Gasteiger charge is 2.08. The lowest BCUT2D eigenvalue weighted by atomic mass is 9.91. The molecule has 0 unspecified atom stereocenters. The maximum atomic E-state index is 4.23. The lowest BCUT2D eigenvalue weighted by Gasteiger charge is -2.18. The lowest BCUT2D eigenvalue weighted by Crippen LogP contribution is -2.38. The minimum absolute atomic E-state index is 0.427. The fraction of sp³-hybridized carbons (Fsp3) is 0.929. The molecule has 0 heterocycles. The highest BCUT2D eigenvalue weighted by Crippen LogP contribution is 2.19. The molecule has 0 spiro atoms. The molecule has 0 aromatic heterocycles. The average Bonchev–Trinajstić information content (AvgIpc) is 2.30. The van der Waals surface area contributed by atoms with E-state index in [2.05, 4.69) is 42.7 Å². The molecule has 4 heteroatoms. The van der Waals surface area contributed by atoms with Crippen molar-refractivity contribution in [3.05, 3.63) is 0 Å². The van der Waals surface area contributed by atoms with Gasteiger partial charge < -0.3 is 10.6 Å². The Morgan fingerprint density at radius 1 is 1.06 bits per heavy atom. The Kier molecular flexibility index (Phi) is 10.3. The minimum atomic E-state index is 0.427. The maximum Gasteiger partial charge on any atom is 0.190 e. The Balaban J connectivity index is 3.54. The summed E-state index contributed by atoms with van der Waals surface area (Å²) in [5.74, 6) is 2.19. The molecular formula is C14H31N3S. The van der Waals surface area contributed by atoms with Gasteiger partial charge in [0.1, 0.15) is 0 Å². The van der Waals surface area contributed by atoms with E-state index >= 15 is 0 Å². The van der Waals surface area contributed by atoms with E-state index in [0.29, 0.717) is 5.41 Å². The van der Waals surface area contributed by atoms with Crippen LogP contribution in [0.2, 0.25) is 0 Å². The lowest BCUT2D eigenvalue weighted by molar-refractivity contribution is 0.365. The van der Waals surface area contributed by atoms with Gasteiger partial charge in [0.25, 0.3) is 0 Å². The molecule has 0 bridgehead atoms. The summed E-state index contributed by atoms with van der Waals surface area (Å²) in [6, 6.07) is 0. The van der Waals surface area contributed by atoms with Crippen molar-refractivity contribution in [2.24, 2.45) is 10.4 Å². The standard InChI is InChI=1S/C14H31N3S/c1-14(2,3)9-8-11-17-13(15-4)16-10-6-7-12-18-5/h6-12H2,1-5H3,(H2,15,16,17). The van der Waals surface area contributed by atoms with Gasteiger partial charge in [-0.3, -0.25) is 4.99 Å². The van der Waals surface area contributed by atoms with Gasteiger partial charge >= 0.3 is 0 Å². The van der Waals surface area contributed by atoms with Crippen LogP contribution in [-0.2, 0) is 0 Å². The molecule has 2 N–H and O–H groups in total. The molecule has 108 valence electrons. The zero-order chi connectivity index (χ0) is 13.9. The normalized spacial score (nSPS) is 12.6. The van der Waals surface area contributed by atoms with Crippen LogP contribution in [-0.4, -0.2) is 38.1 Å². The quantitative estimate of drug-likeness (QED) is 0.405. The summed E-state index contributed by atoms with van der Waals surface area (Å²) in [6.45, 7) is 8.87. The van der Waals surface area contributed by atoms with E-state index in [-0.39, 0.29) is 0 Å². The molecule has 0 fully saturated rings. The second-order valence-corrected chi connectivity index (χ2v) is 6.78. The van der Waals surface area contributed by atoms with Gasteiger partial charge in [-0.2, -0.15) is 11.8 Å². The smallest absolute Gasteiger partial charge is 0.190 e. The summed E-state index contributed by atoms with van der Waals surface area (Å²) in [7, 11) is 1.83. The van der Waals surface area contributed by atoms with Crippen molar-refractivity contribution >= 4 is 17.7 Å². The minimum Gasteiger partial charge on any atom is -0.356 e. The summed E-state index contributed by atoms with van der Waals surface area (Å²) in [5, 5.41) is 6.72. The Morgan fingerprint density at radius 2 is 1.67 bits per heavy atom. The first-order valence-electron chi connectivity index (χ1n) is 6.93. The number of guanidine groups is 1. The van der Waals surface area contributed by atoms with E-state index in [4.69, 9.17) is 0 Å². The SMILES string of the molecule is CN=C(NCCCCSC)NCCCC(C)(C)C. The fourth-order valence-corrected chi connectivity index (χ4v) is 2.12. The first kappa shape index (κ1) is 17.6. The van der Waals surface area contributed by atoms with E-state index in [9.17, 15) is 0 Å². The molecular weight excluding hydrogens is 242 g/mol. The van der Waals surface area contributed by atoms with Crippen LogP contribution in [0.3, 0.4) is 0 Å². The topological polar surface area (TPSA) is 36.4 Å². The molecule has 0 aliphatic rings. The fourth-order valence-electron chi connectivity index (χ4n) is 1.62. The molecule has 0 amide bonds. The molecule has 0 aromatic carbocycles. The maximum absolute atomic E-state index is 4.23. The number of aliphatic imine (C=N–C) groups is 1. The van der Waals surface area contributed by atoms with E-state index in [1.165, 1.54) is 31.4 Å². The van der Waals surface area contributed by atoms with Gasteiger partial charge in [-0.05, 0) is 43.1 Å². The van der Waals surface area contributed by atoms with Crippen LogP contribution in [0.4, 0.5) is 0 Å². The third-order valence-corrected chi connectivity index (χ3v) is 3.38. The van der Waals surface area contributed by atoms with Crippen molar-refractivity contribution in [2.75, 3.05) is 32.1 Å². The van der Waals surface area contributed by atoms with Crippen LogP contribution in [0.5, 0.6) is 0 Å². The van der Waals surface area contributed by atoms with Gasteiger partial charge in [0.2, 0.25) is 0 Å². The van der Waals surface area contributed by atoms with E-state index in [0.717, 1.165) is 19.0 Å². The second-order valence-electron chi connectivity index (χ2n) is 5.79. The Bertz CT molecular complexity index is 222. The van der Waals surface area contributed by atoms with Gasteiger partial charge in [-0.25, -0.2) is 0 Å². The number of rotatable bonds is 8. The molecule has 0 aromatic rings. The Hall–Kier alpha value is -0.380. The predicted molar refractivity (Wildman–Crippen MR) is 85.7 cm³/mol. The summed E-state index contributed by atoms with van der Waals surface area (Å²) in [4.78, 5) is 4.23. The highest BCUT2D eigenvalue weighted by molar-refractivity contribution is 7.98. The molecule has 0 saturated carbocycles. The zero-order valence-electron chi connectivity index (χ0n) is 12.8. The van der Waals surface area contributed by atoms with Crippen LogP contribution in [0.15, 0.2) is 4.99 Å².